The van der Waals surface area contributed by atoms with Gasteiger partial charge in [-0.05, 0) is 58.2 Å². The van der Waals surface area contributed by atoms with Gasteiger partial charge in [-0.25, -0.2) is 9.97 Å². The number of aliphatic imine (C=N–C) groups is 1. The molecule has 0 atom stereocenters. The molecule has 0 aliphatic carbocycles. The molecule has 2 aliphatic rings. The van der Waals surface area contributed by atoms with Crippen molar-refractivity contribution in [2.45, 2.75) is 84.1 Å². The van der Waals surface area contributed by atoms with Gasteiger partial charge in [-0.2, -0.15) is 0 Å². The van der Waals surface area contributed by atoms with Gasteiger partial charge in [0, 0.05) is 12.0 Å². The van der Waals surface area contributed by atoms with Crippen LogP contribution in [0.25, 0.3) is 0 Å². The van der Waals surface area contributed by atoms with Crippen LogP contribution in [-0.2, 0) is 13.0 Å². The first kappa shape index (κ1) is 19.3. The number of anilines is 1. The summed E-state index contributed by atoms with van der Waals surface area (Å²) in [6.45, 7) is 6.77. The van der Waals surface area contributed by atoms with Crippen LogP contribution in [0.5, 0.6) is 0 Å². The summed E-state index contributed by atoms with van der Waals surface area (Å²) in [6, 6.07) is 0. The van der Waals surface area contributed by atoms with Crippen molar-refractivity contribution in [1.82, 2.24) is 14.9 Å². The van der Waals surface area contributed by atoms with Crippen molar-refractivity contribution in [2.24, 2.45) is 4.99 Å². The van der Waals surface area contributed by atoms with Crippen molar-refractivity contribution < 1.29 is 0 Å². The van der Waals surface area contributed by atoms with Crippen molar-refractivity contribution in [1.29, 1.82) is 0 Å². The van der Waals surface area contributed by atoms with Gasteiger partial charge in [0.1, 0.15) is 11.6 Å². The highest BCUT2D eigenvalue weighted by molar-refractivity contribution is 6.02. The second-order valence-electron chi connectivity index (χ2n) is 7.79. The molecule has 1 fully saturated rings. The number of rotatable bonds is 10. The molecule has 0 bridgehead atoms. The van der Waals surface area contributed by atoms with E-state index in [2.05, 4.69) is 16.8 Å². The minimum absolute atomic E-state index is 0.640. The van der Waals surface area contributed by atoms with Gasteiger partial charge in [0.15, 0.2) is 0 Å². The Kier molecular flexibility index (Phi) is 7.42. The Balaban J connectivity index is 1.40. The van der Waals surface area contributed by atoms with E-state index in [1.54, 1.807) is 0 Å². The third-order valence-electron chi connectivity index (χ3n) is 5.63. The Morgan fingerprint density at radius 3 is 2.54 bits per heavy atom. The fraction of sp³-hybridized carbons (Fsp3) is 0.762. The van der Waals surface area contributed by atoms with Crippen molar-refractivity contribution in [3.05, 3.63) is 17.1 Å². The molecule has 2 aliphatic heterocycles. The predicted octanol–water partition coefficient (Wildman–Crippen LogP) is 4.14. The number of hydrogen-bond donors (Lipinski definition) is 1. The normalized spacial score (nSPS) is 17.3. The van der Waals surface area contributed by atoms with E-state index in [4.69, 9.17) is 15.7 Å². The minimum Gasteiger partial charge on any atom is -0.383 e. The molecule has 1 aromatic heterocycles. The second-order valence-corrected chi connectivity index (χ2v) is 7.79. The van der Waals surface area contributed by atoms with E-state index in [9.17, 15) is 0 Å². The van der Waals surface area contributed by atoms with E-state index >= 15 is 0 Å². The van der Waals surface area contributed by atoms with Crippen LogP contribution in [0.1, 0.15) is 88.2 Å². The molecule has 2 N–H and O–H groups in total. The molecule has 0 aromatic carbocycles. The van der Waals surface area contributed by atoms with Crippen LogP contribution in [0.3, 0.4) is 0 Å². The van der Waals surface area contributed by atoms with E-state index in [1.807, 2.05) is 0 Å². The second kappa shape index (κ2) is 10.0. The number of fused-ring (bicyclic) bond motifs is 1. The Hall–Kier alpha value is -1.49. The van der Waals surface area contributed by atoms with Gasteiger partial charge < -0.3 is 10.6 Å². The van der Waals surface area contributed by atoms with Gasteiger partial charge in [-0.1, -0.05) is 32.6 Å². The van der Waals surface area contributed by atoms with E-state index < -0.39 is 0 Å². The van der Waals surface area contributed by atoms with Crippen LogP contribution in [0.2, 0.25) is 0 Å². The Morgan fingerprint density at radius 2 is 1.73 bits per heavy atom. The summed E-state index contributed by atoms with van der Waals surface area (Å²) in [5.74, 6) is 1.53. The average Bonchev–Trinajstić information content (AvgIpc) is 3.07. The molecule has 0 unspecified atom stereocenters. The zero-order chi connectivity index (χ0) is 18.2. The number of aryl methyl sites for hydroxylation is 1. The highest BCUT2D eigenvalue weighted by Crippen LogP contribution is 2.25. The SMILES string of the molecule is CCCCc1nc(N)c2c(n1)C(CCCCCCN1CCCCC1)=NC2. The molecule has 1 aromatic rings. The molecule has 0 spiro atoms. The number of unbranched alkanes of at least 4 members (excludes halogenated alkanes) is 4. The summed E-state index contributed by atoms with van der Waals surface area (Å²) in [6.07, 6.45) is 13.6. The molecule has 5 heteroatoms. The third-order valence-corrected chi connectivity index (χ3v) is 5.63. The average molecular weight is 358 g/mol. The number of hydrogen-bond acceptors (Lipinski definition) is 5. The Bertz CT molecular complexity index is 605. The number of nitrogens with two attached hydrogens (primary N) is 1. The lowest BCUT2D eigenvalue weighted by atomic mass is 10.1. The molecular weight excluding hydrogens is 322 g/mol. The molecule has 0 radical (unpaired) electrons. The topological polar surface area (TPSA) is 67.4 Å². The van der Waals surface area contributed by atoms with E-state index in [0.717, 1.165) is 48.5 Å². The summed E-state index contributed by atoms with van der Waals surface area (Å²) in [7, 11) is 0. The lowest BCUT2D eigenvalue weighted by Gasteiger charge is -2.26. The fourth-order valence-electron chi connectivity index (χ4n) is 4.00. The quantitative estimate of drug-likeness (QED) is 0.639. The zero-order valence-corrected chi connectivity index (χ0v) is 16.5. The molecular formula is C21H35N5. The van der Waals surface area contributed by atoms with Crippen LogP contribution in [0, 0.1) is 0 Å². The molecule has 26 heavy (non-hydrogen) atoms. The maximum atomic E-state index is 6.14. The number of aromatic nitrogens is 2. The molecule has 144 valence electrons. The third kappa shape index (κ3) is 5.26. The highest BCUT2D eigenvalue weighted by atomic mass is 15.1. The number of likely N-dealkylation sites (tertiary alicyclic amines) is 1. The summed E-state index contributed by atoms with van der Waals surface area (Å²) >= 11 is 0. The Morgan fingerprint density at radius 1 is 0.923 bits per heavy atom. The van der Waals surface area contributed by atoms with Crippen molar-refractivity contribution >= 4 is 11.5 Å². The summed E-state index contributed by atoms with van der Waals surface area (Å²) in [4.78, 5) is 16.6. The van der Waals surface area contributed by atoms with Gasteiger partial charge in [0.05, 0.1) is 18.0 Å². The molecule has 3 rings (SSSR count). The summed E-state index contributed by atoms with van der Waals surface area (Å²) < 4.78 is 0. The Labute approximate surface area is 158 Å². The van der Waals surface area contributed by atoms with Crippen LogP contribution >= 0.6 is 0 Å². The van der Waals surface area contributed by atoms with Crippen LogP contribution in [0.15, 0.2) is 4.99 Å². The van der Waals surface area contributed by atoms with Crippen molar-refractivity contribution in [3.63, 3.8) is 0 Å². The number of nitrogen functional groups attached to an aromatic ring is 1. The van der Waals surface area contributed by atoms with Gasteiger partial charge in [-0.15, -0.1) is 0 Å². The number of piperidine rings is 1. The van der Waals surface area contributed by atoms with E-state index in [-0.39, 0.29) is 0 Å². The lowest BCUT2D eigenvalue weighted by Crippen LogP contribution is -2.30. The maximum Gasteiger partial charge on any atom is 0.132 e. The van der Waals surface area contributed by atoms with E-state index in [0.29, 0.717) is 12.4 Å². The first-order valence-electron chi connectivity index (χ1n) is 10.7. The first-order chi connectivity index (χ1) is 12.8. The molecule has 1 saturated heterocycles. The van der Waals surface area contributed by atoms with Gasteiger partial charge in [0.2, 0.25) is 0 Å². The van der Waals surface area contributed by atoms with Gasteiger partial charge >= 0.3 is 0 Å². The number of nitrogens with zero attached hydrogens (tertiary/aromatic N) is 4. The fourth-order valence-corrected chi connectivity index (χ4v) is 4.00. The zero-order valence-electron chi connectivity index (χ0n) is 16.5. The highest BCUT2D eigenvalue weighted by Gasteiger charge is 2.21. The standard InChI is InChI=1S/C21H35N5/c1-2-3-12-19-24-20-17(21(22)25-19)16-23-18(20)11-7-4-5-8-13-26-14-9-6-10-15-26/h2-16H2,1H3,(H2,22,24,25). The smallest absolute Gasteiger partial charge is 0.132 e. The lowest BCUT2D eigenvalue weighted by molar-refractivity contribution is 0.224. The summed E-state index contributed by atoms with van der Waals surface area (Å²) in [5.41, 5.74) is 9.38. The van der Waals surface area contributed by atoms with Crippen LogP contribution in [0.4, 0.5) is 5.82 Å². The molecule has 0 amide bonds. The maximum absolute atomic E-state index is 6.14. The predicted molar refractivity (Wildman–Crippen MR) is 109 cm³/mol. The summed E-state index contributed by atoms with van der Waals surface area (Å²) in [5, 5.41) is 0. The van der Waals surface area contributed by atoms with Gasteiger partial charge in [0.25, 0.3) is 0 Å². The minimum atomic E-state index is 0.640. The largest absolute Gasteiger partial charge is 0.383 e. The van der Waals surface area contributed by atoms with Crippen molar-refractivity contribution in [3.8, 4) is 0 Å². The van der Waals surface area contributed by atoms with Crippen LogP contribution in [-0.4, -0.2) is 40.2 Å². The molecule has 5 nitrogen and oxygen atoms in total. The van der Waals surface area contributed by atoms with Gasteiger partial charge in [-0.3, -0.25) is 4.99 Å². The van der Waals surface area contributed by atoms with Crippen LogP contribution < -0.4 is 5.73 Å². The monoisotopic (exact) mass is 357 g/mol. The molecule has 3 heterocycles. The first-order valence-corrected chi connectivity index (χ1v) is 10.7. The van der Waals surface area contributed by atoms with E-state index in [1.165, 1.54) is 64.6 Å². The van der Waals surface area contributed by atoms with Crippen molar-refractivity contribution in [2.75, 3.05) is 25.4 Å². The molecule has 0 saturated carbocycles.